The zero-order valence-corrected chi connectivity index (χ0v) is 10.3. The Morgan fingerprint density at radius 3 is 2.18 bits per heavy atom. The quantitative estimate of drug-likeness (QED) is 0.841. The van der Waals surface area contributed by atoms with E-state index in [-0.39, 0.29) is 11.4 Å². The van der Waals surface area contributed by atoms with Crippen LogP contribution in [0.5, 0.6) is 0 Å². The van der Waals surface area contributed by atoms with Crippen LogP contribution in [0.2, 0.25) is 0 Å². The molecule has 0 bridgehead atoms. The molecule has 94 valence electrons. The molecule has 1 aromatic carbocycles. The van der Waals surface area contributed by atoms with Crippen molar-refractivity contribution >= 4 is 9.84 Å². The molecule has 0 atom stereocenters. The van der Waals surface area contributed by atoms with Gasteiger partial charge in [0, 0.05) is 6.54 Å². The Balaban J connectivity index is 2.45. The molecule has 1 saturated carbocycles. The van der Waals surface area contributed by atoms with Crippen LogP contribution in [0, 0.1) is 5.82 Å². The highest BCUT2D eigenvalue weighted by Gasteiger charge is 2.45. The first-order chi connectivity index (χ1) is 8.02. The van der Waals surface area contributed by atoms with Crippen molar-refractivity contribution in [2.75, 3.05) is 6.54 Å². The molecule has 1 aliphatic rings. The molecule has 0 amide bonds. The highest BCUT2D eigenvalue weighted by atomic mass is 32.2. The van der Waals surface area contributed by atoms with E-state index >= 15 is 0 Å². The number of halogens is 1. The van der Waals surface area contributed by atoms with E-state index in [2.05, 4.69) is 0 Å². The molecular formula is C12H16FNO2S. The van der Waals surface area contributed by atoms with Gasteiger partial charge in [0.15, 0.2) is 9.84 Å². The number of hydrogen-bond donors (Lipinski definition) is 1. The van der Waals surface area contributed by atoms with Gasteiger partial charge in [0.05, 0.1) is 9.64 Å². The number of hydrogen-bond acceptors (Lipinski definition) is 3. The normalized spacial score (nSPS) is 19.4. The lowest BCUT2D eigenvalue weighted by Crippen LogP contribution is -2.43. The van der Waals surface area contributed by atoms with E-state index < -0.39 is 20.4 Å². The van der Waals surface area contributed by atoms with Crippen molar-refractivity contribution in [1.82, 2.24) is 0 Å². The monoisotopic (exact) mass is 257 g/mol. The Kier molecular flexibility index (Phi) is 3.23. The maximum Gasteiger partial charge on any atom is 0.185 e. The van der Waals surface area contributed by atoms with Gasteiger partial charge in [0.2, 0.25) is 0 Å². The minimum absolute atomic E-state index is 0.132. The van der Waals surface area contributed by atoms with Gasteiger partial charge in [0.25, 0.3) is 0 Å². The summed E-state index contributed by atoms with van der Waals surface area (Å²) in [5.74, 6) is -0.433. The molecule has 2 N–H and O–H groups in total. The lowest BCUT2D eigenvalue weighted by molar-refractivity contribution is 0.515. The summed E-state index contributed by atoms with van der Waals surface area (Å²) in [6.45, 7) is 0.132. The van der Waals surface area contributed by atoms with Crippen molar-refractivity contribution in [3.05, 3.63) is 30.1 Å². The standard InChI is InChI=1S/C12H16FNO2S/c13-10-3-5-11(6-4-10)17(15,16)12(9-14)7-1-2-8-12/h3-6H,1-2,7-9,14H2. The number of rotatable bonds is 3. The van der Waals surface area contributed by atoms with Crippen LogP contribution < -0.4 is 5.73 Å². The Morgan fingerprint density at radius 1 is 1.18 bits per heavy atom. The van der Waals surface area contributed by atoms with Crippen molar-refractivity contribution in [2.45, 2.75) is 35.3 Å². The third-order valence-electron chi connectivity index (χ3n) is 3.58. The molecule has 17 heavy (non-hydrogen) atoms. The summed E-state index contributed by atoms with van der Waals surface area (Å²) in [5.41, 5.74) is 5.67. The second-order valence-electron chi connectivity index (χ2n) is 4.55. The fourth-order valence-electron chi connectivity index (χ4n) is 2.47. The summed E-state index contributed by atoms with van der Waals surface area (Å²) in [6, 6.07) is 4.99. The summed E-state index contributed by atoms with van der Waals surface area (Å²) in [6.07, 6.45) is 2.97. The van der Waals surface area contributed by atoms with Gasteiger partial charge in [-0.05, 0) is 37.1 Å². The maximum absolute atomic E-state index is 12.8. The fourth-order valence-corrected chi connectivity index (χ4v) is 4.51. The second-order valence-corrected chi connectivity index (χ2v) is 6.90. The average molecular weight is 257 g/mol. The molecule has 1 aliphatic carbocycles. The van der Waals surface area contributed by atoms with Gasteiger partial charge in [-0.2, -0.15) is 0 Å². The number of sulfone groups is 1. The molecule has 5 heteroatoms. The molecule has 1 fully saturated rings. The summed E-state index contributed by atoms with van der Waals surface area (Å²) in [7, 11) is -3.46. The average Bonchev–Trinajstić information content (AvgIpc) is 2.79. The van der Waals surface area contributed by atoms with E-state index in [1.54, 1.807) is 0 Å². The highest BCUT2D eigenvalue weighted by molar-refractivity contribution is 7.92. The largest absolute Gasteiger partial charge is 0.329 e. The van der Waals surface area contributed by atoms with Crippen molar-refractivity contribution < 1.29 is 12.8 Å². The van der Waals surface area contributed by atoms with Crippen molar-refractivity contribution in [1.29, 1.82) is 0 Å². The van der Waals surface area contributed by atoms with Crippen LogP contribution in [-0.2, 0) is 9.84 Å². The van der Waals surface area contributed by atoms with E-state index in [0.717, 1.165) is 12.8 Å². The highest BCUT2D eigenvalue weighted by Crippen LogP contribution is 2.39. The summed E-state index contributed by atoms with van der Waals surface area (Å²) in [5, 5.41) is 0. The van der Waals surface area contributed by atoms with E-state index in [4.69, 9.17) is 5.73 Å². The number of nitrogens with two attached hydrogens (primary N) is 1. The fraction of sp³-hybridized carbons (Fsp3) is 0.500. The van der Waals surface area contributed by atoms with E-state index in [0.29, 0.717) is 12.8 Å². The zero-order chi connectivity index (χ0) is 12.5. The Bertz CT molecular complexity index is 490. The molecule has 0 spiro atoms. The minimum atomic E-state index is -3.46. The molecule has 0 aliphatic heterocycles. The predicted molar refractivity (Wildman–Crippen MR) is 63.8 cm³/mol. The molecule has 1 aromatic rings. The topological polar surface area (TPSA) is 60.2 Å². The van der Waals surface area contributed by atoms with Gasteiger partial charge in [-0.3, -0.25) is 0 Å². The Morgan fingerprint density at radius 2 is 1.71 bits per heavy atom. The van der Waals surface area contributed by atoms with Crippen LogP contribution in [0.1, 0.15) is 25.7 Å². The zero-order valence-electron chi connectivity index (χ0n) is 9.52. The lowest BCUT2D eigenvalue weighted by atomic mass is 10.1. The van der Waals surface area contributed by atoms with Gasteiger partial charge in [-0.1, -0.05) is 12.8 Å². The third-order valence-corrected chi connectivity index (χ3v) is 6.19. The minimum Gasteiger partial charge on any atom is -0.329 e. The van der Waals surface area contributed by atoms with Gasteiger partial charge in [-0.15, -0.1) is 0 Å². The maximum atomic E-state index is 12.8. The van der Waals surface area contributed by atoms with Gasteiger partial charge in [0.1, 0.15) is 5.82 Å². The lowest BCUT2D eigenvalue weighted by Gasteiger charge is -2.27. The molecule has 0 heterocycles. The molecule has 0 aromatic heterocycles. The molecular weight excluding hydrogens is 241 g/mol. The van der Waals surface area contributed by atoms with Gasteiger partial charge >= 0.3 is 0 Å². The molecule has 3 nitrogen and oxygen atoms in total. The predicted octanol–water partition coefficient (Wildman–Crippen LogP) is 1.87. The second kappa shape index (κ2) is 4.38. The third kappa shape index (κ3) is 1.98. The van der Waals surface area contributed by atoms with Crippen molar-refractivity contribution in [2.24, 2.45) is 5.73 Å². The van der Waals surface area contributed by atoms with Crippen LogP contribution >= 0.6 is 0 Å². The van der Waals surface area contributed by atoms with Crippen LogP contribution in [0.15, 0.2) is 29.2 Å². The van der Waals surface area contributed by atoms with Crippen molar-refractivity contribution in [3.63, 3.8) is 0 Å². The Hall–Kier alpha value is -0.940. The molecule has 0 radical (unpaired) electrons. The van der Waals surface area contributed by atoms with Crippen LogP contribution in [0.4, 0.5) is 4.39 Å². The van der Waals surface area contributed by atoms with Gasteiger partial charge in [-0.25, -0.2) is 12.8 Å². The van der Waals surface area contributed by atoms with Crippen LogP contribution in [-0.4, -0.2) is 19.7 Å². The van der Waals surface area contributed by atoms with Gasteiger partial charge < -0.3 is 5.73 Å². The van der Waals surface area contributed by atoms with Crippen molar-refractivity contribution in [3.8, 4) is 0 Å². The first kappa shape index (κ1) is 12.5. The summed E-state index contributed by atoms with van der Waals surface area (Å²) < 4.78 is 37.0. The summed E-state index contributed by atoms with van der Waals surface area (Å²) in [4.78, 5) is 0.172. The number of benzene rings is 1. The van der Waals surface area contributed by atoms with E-state index in [9.17, 15) is 12.8 Å². The molecule has 0 saturated heterocycles. The first-order valence-electron chi connectivity index (χ1n) is 5.72. The first-order valence-corrected chi connectivity index (χ1v) is 7.20. The van der Waals surface area contributed by atoms with Crippen LogP contribution in [0.25, 0.3) is 0 Å². The smallest absolute Gasteiger partial charge is 0.185 e. The van der Waals surface area contributed by atoms with Crippen LogP contribution in [0.3, 0.4) is 0 Å². The SMILES string of the molecule is NCC1(S(=O)(=O)c2ccc(F)cc2)CCCC1. The summed E-state index contributed by atoms with van der Waals surface area (Å²) >= 11 is 0. The van der Waals surface area contributed by atoms with E-state index in [1.165, 1.54) is 24.3 Å². The Labute approximate surface area is 101 Å². The van der Waals surface area contributed by atoms with E-state index in [1.807, 2.05) is 0 Å². The molecule has 0 unspecified atom stereocenters. The molecule has 2 rings (SSSR count).